The van der Waals surface area contributed by atoms with Crippen molar-refractivity contribution in [3.05, 3.63) is 83.3 Å². The Morgan fingerprint density at radius 2 is 1.58 bits per heavy atom. The Kier molecular flexibility index (Phi) is 6.09. The zero-order valence-electron chi connectivity index (χ0n) is 20.3. The molecular weight excluding hydrogens is 476 g/mol. The van der Waals surface area contributed by atoms with E-state index in [-0.39, 0.29) is 16.6 Å². The van der Waals surface area contributed by atoms with Gasteiger partial charge in [0.05, 0.1) is 17.7 Å². The molecule has 0 radical (unpaired) electrons. The van der Waals surface area contributed by atoms with Crippen molar-refractivity contribution in [2.75, 3.05) is 11.8 Å². The number of benzene rings is 2. The number of fused-ring (bicyclic) bond motifs is 1. The highest BCUT2D eigenvalue weighted by atomic mass is 32.2. The first-order valence-electron chi connectivity index (χ1n) is 11.6. The topological polar surface area (TPSA) is 103 Å². The average Bonchev–Trinajstić information content (AvgIpc) is 3.21. The number of aromatic nitrogens is 3. The van der Waals surface area contributed by atoms with Crippen LogP contribution >= 0.6 is 0 Å². The highest BCUT2D eigenvalue weighted by Gasteiger charge is 2.24. The van der Waals surface area contributed by atoms with Gasteiger partial charge in [-0.3, -0.25) is 4.79 Å². The maximum atomic E-state index is 13.0. The normalized spacial score (nSPS) is 13.4. The second kappa shape index (κ2) is 9.23. The molecule has 2 heterocycles. The number of hydrogen-bond acceptors (Lipinski definition) is 6. The number of methoxy groups -OCH3 is 1. The van der Waals surface area contributed by atoms with Crippen molar-refractivity contribution in [1.82, 2.24) is 14.5 Å². The number of hydrogen-bond donors (Lipinski definition) is 1. The number of sulfonamides is 1. The fraction of sp³-hybridized carbons (Fsp3) is 0.222. The maximum absolute atomic E-state index is 13.0. The summed E-state index contributed by atoms with van der Waals surface area (Å²) >= 11 is 0. The van der Waals surface area contributed by atoms with Gasteiger partial charge in [-0.05, 0) is 92.1 Å². The average molecular weight is 503 g/mol. The number of anilines is 1. The maximum Gasteiger partial charge on any atom is 0.264 e. The number of rotatable bonds is 6. The first kappa shape index (κ1) is 23.7. The summed E-state index contributed by atoms with van der Waals surface area (Å²) in [4.78, 5) is 20.6. The second-order valence-corrected chi connectivity index (χ2v) is 10.5. The van der Waals surface area contributed by atoms with Gasteiger partial charge in [0.1, 0.15) is 11.5 Å². The molecule has 1 N–H and O–H groups in total. The van der Waals surface area contributed by atoms with E-state index in [0.29, 0.717) is 30.7 Å². The van der Waals surface area contributed by atoms with E-state index in [0.717, 1.165) is 34.0 Å². The summed E-state index contributed by atoms with van der Waals surface area (Å²) < 4.78 is 35.9. The van der Waals surface area contributed by atoms with Gasteiger partial charge in [-0.2, -0.15) is 0 Å². The Morgan fingerprint density at radius 1 is 0.917 bits per heavy atom. The van der Waals surface area contributed by atoms with Crippen LogP contribution in [0.3, 0.4) is 0 Å². The summed E-state index contributed by atoms with van der Waals surface area (Å²) in [6.07, 6.45) is 1.53. The van der Waals surface area contributed by atoms with Gasteiger partial charge in [0.2, 0.25) is 5.95 Å². The molecule has 1 aliphatic carbocycles. The van der Waals surface area contributed by atoms with Crippen molar-refractivity contribution in [2.45, 2.75) is 38.0 Å². The SMILES string of the molecule is COc1ccc(-c2cc3c(n2-c2ccc(S(=O)(=O)Nc4nc(C)cc(C)n4)cc2)CCC(=O)C3)cc1. The molecule has 8 nitrogen and oxygen atoms in total. The number of Topliss-reactive ketones (excluding diaryl/α,β-unsaturated/α-hetero) is 1. The predicted octanol–water partition coefficient (Wildman–Crippen LogP) is 4.42. The van der Waals surface area contributed by atoms with Crippen LogP contribution in [-0.4, -0.2) is 35.8 Å². The van der Waals surface area contributed by atoms with E-state index in [1.165, 1.54) is 0 Å². The highest BCUT2D eigenvalue weighted by Crippen LogP contribution is 2.34. The zero-order valence-corrected chi connectivity index (χ0v) is 21.1. The van der Waals surface area contributed by atoms with E-state index in [2.05, 4.69) is 25.3 Å². The molecule has 0 unspecified atom stereocenters. The van der Waals surface area contributed by atoms with Crippen molar-refractivity contribution >= 4 is 21.8 Å². The van der Waals surface area contributed by atoms with Gasteiger partial charge in [-0.25, -0.2) is 23.1 Å². The van der Waals surface area contributed by atoms with Crippen molar-refractivity contribution in [1.29, 1.82) is 0 Å². The Balaban J connectivity index is 1.53. The van der Waals surface area contributed by atoms with Gasteiger partial charge < -0.3 is 9.30 Å². The largest absolute Gasteiger partial charge is 0.497 e. The number of nitrogens with one attached hydrogen (secondary N) is 1. The number of ketones is 1. The molecule has 4 aromatic rings. The molecular formula is C27H26N4O4S. The van der Waals surface area contributed by atoms with Crippen LogP contribution in [0.25, 0.3) is 16.9 Å². The molecule has 2 aromatic carbocycles. The lowest BCUT2D eigenvalue weighted by atomic mass is 9.96. The summed E-state index contributed by atoms with van der Waals surface area (Å²) in [6.45, 7) is 3.57. The minimum absolute atomic E-state index is 0.0440. The van der Waals surface area contributed by atoms with Crippen LogP contribution in [-0.2, 0) is 27.7 Å². The summed E-state index contributed by atoms with van der Waals surface area (Å²) in [5.74, 6) is 1.02. The van der Waals surface area contributed by atoms with Gasteiger partial charge in [0, 0.05) is 35.6 Å². The van der Waals surface area contributed by atoms with Gasteiger partial charge >= 0.3 is 0 Å². The Hall–Kier alpha value is -3.98. The van der Waals surface area contributed by atoms with Crippen LogP contribution in [0.4, 0.5) is 5.95 Å². The number of nitrogens with zero attached hydrogens (tertiary/aromatic N) is 3. The lowest BCUT2D eigenvalue weighted by Crippen LogP contribution is -2.16. The molecule has 36 heavy (non-hydrogen) atoms. The molecule has 1 aliphatic rings. The Bertz CT molecular complexity index is 1540. The van der Waals surface area contributed by atoms with Crippen LogP contribution in [0.1, 0.15) is 29.1 Å². The van der Waals surface area contributed by atoms with Gasteiger partial charge in [0.15, 0.2) is 0 Å². The van der Waals surface area contributed by atoms with Gasteiger partial charge in [0.25, 0.3) is 10.0 Å². The molecule has 184 valence electrons. The van der Waals surface area contributed by atoms with Crippen molar-refractivity contribution in [2.24, 2.45) is 0 Å². The third-order valence-electron chi connectivity index (χ3n) is 6.22. The van der Waals surface area contributed by atoms with E-state index in [4.69, 9.17) is 4.74 Å². The van der Waals surface area contributed by atoms with Crippen molar-refractivity contribution in [3.8, 4) is 22.7 Å². The third kappa shape index (κ3) is 4.61. The van der Waals surface area contributed by atoms with Crippen LogP contribution in [0.15, 0.2) is 65.6 Å². The van der Waals surface area contributed by atoms with Gasteiger partial charge in [-0.15, -0.1) is 0 Å². The summed E-state index contributed by atoms with van der Waals surface area (Å²) in [7, 11) is -2.25. The van der Waals surface area contributed by atoms with Gasteiger partial charge in [-0.1, -0.05) is 0 Å². The summed E-state index contributed by atoms with van der Waals surface area (Å²) in [5.41, 5.74) is 6.16. The number of ether oxygens (including phenoxy) is 1. The molecule has 0 spiro atoms. The third-order valence-corrected chi connectivity index (χ3v) is 7.56. The molecule has 0 aliphatic heterocycles. The lowest BCUT2D eigenvalue weighted by Gasteiger charge is -2.18. The van der Waals surface area contributed by atoms with E-state index in [9.17, 15) is 13.2 Å². The fourth-order valence-corrected chi connectivity index (χ4v) is 5.52. The first-order valence-corrected chi connectivity index (χ1v) is 13.1. The minimum atomic E-state index is -3.87. The van der Waals surface area contributed by atoms with Crippen LogP contribution in [0.5, 0.6) is 5.75 Å². The standard InChI is InChI=1S/C27H26N4O4S/c1-17-14-18(2)29-27(28-17)30-36(33,34)24-11-6-21(7-12-24)31-25-13-8-22(32)15-20(25)16-26(31)19-4-9-23(35-3)10-5-19/h4-7,9-12,14,16H,8,13,15H2,1-3H3,(H,28,29,30). The Labute approximate surface area is 210 Å². The first-order chi connectivity index (χ1) is 17.2. The van der Waals surface area contributed by atoms with Crippen LogP contribution in [0, 0.1) is 13.8 Å². The predicted molar refractivity (Wildman–Crippen MR) is 137 cm³/mol. The fourth-order valence-electron chi connectivity index (χ4n) is 4.58. The van der Waals surface area contributed by atoms with E-state index in [1.807, 2.05) is 24.3 Å². The van der Waals surface area contributed by atoms with E-state index >= 15 is 0 Å². The van der Waals surface area contributed by atoms with E-state index in [1.54, 1.807) is 51.3 Å². The molecule has 0 saturated heterocycles. The highest BCUT2D eigenvalue weighted by molar-refractivity contribution is 7.92. The van der Waals surface area contributed by atoms with E-state index < -0.39 is 10.0 Å². The van der Waals surface area contributed by atoms with Crippen LogP contribution in [0.2, 0.25) is 0 Å². The number of aryl methyl sites for hydroxylation is 2. The zero-order chi connectivity index (χ0) is 25.4. The number of carbonyl (C=O) groups excluding carboxylic acids is 1. The van der Waals surface area contributed by atoms with Crippen LogP contribution < -0.4 is 9.46 Å². The summed E-state index contributed by atoms with van der Waals surface area (Å²) in [6, 6.07) is 18.3. The minimum Gasteiger partial charge on any atom is -0.497 e. The molecule has 0 bridgehead atoms. The molecule has 0 fully saturated rings. The molecule has 5 rings (SSSR count). The van der Waals surface area contributed by atoms with Crippen molar-refractivity contribution in [3.63, 3.8) is 0 Å². The second-order valence-electron chi connectivity index (χ2n) is 8.85. The molecule has 9 heteroatoms. The monoisotopic (exact) mass is 502 g/mol. The molecule has 2 aromatic heterocycles. The quantitative estimate of drug-likeness (QED) is 0.419. The molecule has 0 amide bonds. The molecule has 0 atom stereocenters. The summed E-state index contributed by atoms with van der Waals surface area (Å²) in [5, 5.41) is 0. The number of carbonyl (C=O) groups is 1. The molecule has 0 saturated carbocycles. The lowest BCUT2D eigenvalue weighted by molar-refractivity contribution is -0.118. The smallest absolute Gasteiger partial charge is 0.264 e. The van der Waals surface area contributed by atoms with Crippen molar-refractivity contribution < 1.29 is 17.9 Å². The Morgan fingerprint density at radius 3 is 2.22 bits per heavy atom.